The zero-order valence-electron chi connectivity index (χ0n) is 17.3. The van der Waals surface area contributed by atoms with Crippen LogP contribution in [0.2, 0.25) is 18.1 Å². The topological polar surface area (TPSA) is 43.4 Å². The van der Waals surface area contributed by atoms with Crippen LogP contribution in [-0.2, 0) is 14.0 Å². The molecule has 0 spiro atoms. The molecule has 0 heterocycles. The minimum Gasteiger partial charge on any atom is -0.413 e. The van der Waals surface area contributed by atoms with E-state index < -0.39 is 8.32 Å². The first kappa shape index (κ1) is 20.6. The number of hydrogen-bond acceptors (Lipinski definition) is 3. The molecule has 0 aromatic rings. The summed E-state index contributed by atoms with van der Waals surface area (Å²) in [6.07, 6.45) is 6.83. The average molecular weight is 365 g/mol. The zero-order valence-corrected chi connectivity index (χ0v) is 18.3. The second kappa shape index (κ2) is 6.45. The number of carbonyl (C=O) groups excluding carboxylic acids is 2. The van der Waals surface area contributed by atoms with Crippen LogP contribution in [-0.4, -0.2) is 27.0 Å². The van der Waals surface area contributed by atoms with Crippen LogP contribution in [0.4, 0.5) is 0 Å². The van der Waals surface area contributed by atoms with E-state index in [1.165, 1.54) is 0 Å². The number of aldehydes is 2. The molecule has 4 heteroatoms. The monoisotopic (exact) mass is 364 g/mol. The van der Waals surface area contributed by atoms with Gasteiger partial charge >= 0.3 is 0 Å². The van der Waals surface area contributed by atoms with E-state index in [0.717, 1.165) is 31.8 Å². The second-order valence-electron chi connectivity index (χ2n) is 10.5. The van der Waals surface area contributed by atoms with Crippen LogP contribution in [0.15, 0.2) is 11.6 Å². The van der Waals surface area contributed by atoms with Gasteiger partial charge in [-0.05, 0) is 54.3 Å². The first-order chi connectivity index (χ1) is 11.3. The molecule has 0 amide bonds. The number of fused-ring (bicyclic) bond motifs is 1. The Morgan fingerprint density at radius 3 is 2.28 bits per heavy atom. The normalized spacial score (nSPS) is 35.5. The number of allylic oxidation sites excluding steroid dienone is 2. The van der Waals surface area contributed by atoms with Crippen LogP contribution in [0.3, 0.4) is 0 Å². The molecule has 142 valence electrons. The van der Waals surface area contributed by atoms with Crippen molar-refractivity contribution in [2.24, 2.45) is 22.7 Å². The second-order valence-corrected chi connectivity index (χ2v) is 15.2. The fourth-order valence-electron chi connectivity index (χ4n) is 4.85. The third-order valence-electron chi connectivity index (χ3n) is 7.57. The predicted molar refractivity (Wildman–Crippen MR) is 105 cm³/mol. The summed E-state index contributed by atoms with van der Waals surface area (Å²) in [5.41, 5.74) is 0.480. The van der Waals surface area contributed by atoms with Crippen molar-refractivity contribution in [2.45, 2.75) is 85.0 Å². The van der Waals surface area contributed by atoms with Crippen LogP contribution >= 0.6 is 0 Å². The van der Waals surface area contributed by atoms with Crippen molar-refractivity contribution in [2.75, 3.05) is 0 Å². The number of hydrogen-bond donors (Lipinski definition) is 0. The molecule has 25 heavy (non-hydrogen) atoms. The number of carbonyl (C=O) groups is 2. The lowest BCUT2D eigenvalue weighted by Gasteiger charge is -2.60. The molecule has 0 aromatic carbocycles. The van der Waals surface area contributed by atoms with Gasteiger partial charge in [-0.3, -0.25) is 4.79 Å². The highest BCUT2D eigenvalue weighted by atomic mass is 28.4. The van der Waals surface area contributed by atoms with Crippen LogP contribution < -0.4 is 0 Å². The summed E-state index contributed by atoms with van der Waals surface area (Å²) in [5, 5.41) is 0.125. The molecule has 1 unspecified atom stereocenters. The molecule has 2 aliphatic rings. The molecule has 0 radical (unpaired) electrons. The molecule has 1 fully saturated rings. The van der Waals surface area contributed by atoms with E-state index in [2.05, 4.69) is 54.6 Å². The lowest BCUT2D eigenvalue weighted by Crippen LogP contribution is -2.60. The van der Waals surface area contributed by atoms with Crippen LogP contribution in [0.5, 0.6) is 0 Å². The van der Waals surface area contributed by atoms with Crippen molar-refractivity contribution in [3.63, 3.8) is 0 Å². The third-order valence-corrected chi connectivity index (χ3v) is 12.1. The van der Waals surface area contributed by atoms with E-state index in [1.54, 1.807) is 0 Å². The lowest BCUT2D eigenvalue weighted by molar-refractivity contribution is -0.140. The molecular weight excluding hydrogens is 328 g/mol. The van der Waals surface area contributed by atoms with Gasteiger partial charge in [0.1, 0.15) is 12.6 Å². The molecular formula is C21H36O3Si. The first-order valence-electron chi connectivity index (χ1n) is 9.59. The molecule has 3 nitrogen and oxygen atoms in total. The fraction of sp³-hybridized carbons (Fsp3) is 0.810. The van der Waals surface area contributed by atoms with E-state index >= 15 is 0 Å². The van der Waals surface area contributed by atoms with Crippen molar-refractivity contribution < 1.29 is 14.0 Å². The molecule has 2 rings (SSSR count). The Kier molecular flexibility index (Phi) is 5.31. The summed E-state index contributed by atoms with van der Waals surface area (Å²) in [7, 11) is -1.96. The third kappa shape index (κ3) is 3.32. The van der Waals surface area contributed by atoms with E-state index in [4.69, 9.17) is 4.43 Å². The maximum absolute atomic E-state index is 12.1. The molecule has 0 bridgehead atoms. The highest BCUT2D eigenvalue weighted by molar-refractivity contribution is 6.74. The van der Waals surface area contributed by atoms with Gasteiger partial charge in [0.2, 0.25) is 0 Å². The molecule has 1 saturated carbocycles. The standard InChI is InChI=1S/C21H36O3Si/c1-19(2,3)25(7,8)24-18-11-12-20(4,5)17-10-9-15(13-22)16(14-23)21(17,18)6/h9,13-14,16-18H,10-12H2,1-8H3/t16-,17?,18+,21+/m0/s1. The SMILES string of the molecule is CC1(C)CC[C@@H](O[Si](C)(C)C(C)(C)C)[C@@]2(C)C1CC=C(C=O)[C@@H]2C=O. The Morgan fingerprint density at radius 1 is 1.20 bits per heavy atom. The van der Waals surface area contributed by atoms with Gasteiger partial charge in [0.05, 0.1) is 12.0 Å². The van der Waals surface area contributed by atoms with Gasteiger partial charge in [-0.1, -0.05) is 47.6 Å². The molecule has 0 aliphatic heterocycles. The molecule has 4 atom stereocenters. The smallest absolute Gasteiger partial charge is 0.192 e. The Morgan fingerprint density at radius 2 is 1.80 bits per heavy atom. The Balaban J connectivity index is 2.50. The van der Waals surface area contributed by atoms with E-state index in [-0.39, 0.29) is 27.9 Å². The quantitative estimate of drug-likeness (QED) is 0.511. The molecule has 0 N–H and O–H groups in total. The van der Waals surface area contributed by atoms with Gasteiger partial charge in [0.15, 0.2) is 8.32 Å². The lowest BCUT2D eigenvalue weighted by atomic mass is 9.48. The minimum atomic E-state index is -1.96. The van der Waals surface area contributed by atoms with Crippen molar-refractivity contribution in [1.82, 2.24) is 0 Å². The van der Waals surface area contributed by atoms with Crippen molar-refractivity contribution >= 4 is 20.9 Å². The average Bonchev–Trinajstić information content (AvgIpc) is 2.48. The summed E-state index contributed by atoms with van der Waals surface area (Å²) < 4.78 is 6.87. The van der Waals surface area contributed by atoms with Crippen molar-refractivity contribution in [3.05, 3.63) is 11.6 Å². The van der Waals surface area contributed by atoms with Crippen molar-refractivity contribution in [3.8, 4) is 0 Å². The van der Waals surface area contributed by atoms with Gasteiger partial charge in [0.25, 0.3) is 0 Å². The number of rotatable bonds is 4. The van der Waals surface area contributed by atoms with Crippen molar-refractivity contribution in [1.29, 1.82) is 0 Å². The summed E-state index contributed by atoms with van der Waals surface area (Å²) in [4.78, 5) is 23.7. The molecule has 2 aliphatic carbocycles. The predicted octanol–water partition coefficient (Wildman–Crippen LogP) is 5.16. The van der Waals surface area contributed by atoms with E-state index in [9.17, 15) is 9.59 Å². The Hall–Kier alpha value is -0.743. The van der Waals surface area contributed by atoms with Gasteiger partial charge in [-0.2, -0.15) is 0 Å². The summed E-state index contributed by atoms with van der Waals surface area (Å²) in [5.74, 6) is -0.0134. The highest BCUT2D eigenvalue weighted by Gasteiger charge is 2.59. The first-order valence-corrected chi connectivity index (χ1v) is 12.5. The summed E-state index contributed by atoms with van der Waals surface area (Å²) in [6, 6.07) is 0. The largest absolute Gasteiger partial charge is 0.413 e. The maximum atomic E-state index is 12.1. The van der Waals surface area contributed by atoms with Gasteiger partial charge in [-0.15, -0.1) is 0 Å². The summed E-state index contributed by atoms with van der Waals surface area (Å²) >= 11 is 0. The minimum absolute atomic E-state index is 0.0327. The summed E-state index contributed by atoms with van der Waals surface area (Å²) in [6.45, 7) is 18.1. The van der Waals surface area contributed by atoms with Gasteiger partial charge < -0.3 is 9.22 Å². The molecule has 0 aromatic heterocycles. The van der Waals surface area contributed by atoms with Crippen LogP contribution in [0, 0.1) is 22.7 Å². The van der Waals surface area contributed by atoms with E-state index in [1.807, 2.05) is 6.08 Å². The Bertz CT molecular complexity index is 570. The van der Waals surface area contributed by atoms with Crippen LogP contribution in [0.1, 0.15) is 60.8 Å². The van der Waals surface area contributed by atoms with Gasteiger partial charge in [-0.25, -0.2) is 0 Å². The van der Waals surface area contributed by atoms with Gasteiger partial charge in [0, 0.05) is 5.41 Å². The van der Waals surface area contributed by atoms with Crippen LogP contribution in [0.25, 0.3) is 0 Å². The fourth-order valence-corrected chi connectivity index (χ4v) is 6.29. The van der Waals surface area contributed by atoms with E-state index in [0.29, 0.717) is 11.5 Å². The Labute approximate surface area is 154 Å². The highest BCUT2D eigenvalue weighted by Crippen LogP contribution is 2.60. The molecule has 0 saturated heterocycles. The zero-order chi connectivity index (χ0) is 19.3. The maximum Gasteiger partial charge on any atom is 0.192 e.